The Labute approximate surface area is 223 Å². The lowest BCUT2D eigenvalue weighted by atomic mass is 9.94. The molecular formula is C28H34Cl2N2O4. The third-order valence-corrected chi connectivity index (χ3v) is 7.24. The topological polar surface area (TPSA) is 74.1 Å². The second-order valence-electron chi connectivity index (χ2n) is 9.54. The van der Waals surface area contributed by atoms with E-state index in [1.807, 2.05) is 6.92 Å². The van der Waals surface area contributed by atoms with Crippen LogP contribution in [0.15, 0.2) is 42.0 Å². The lowest BCUT2D eigenvalue weighted by Crippen LogP contribution is -3.12. The first-order chi connectivity index (χ1) is 17.1. The van der Waals surface area contributed by atoms with Crippen LogP contribution in [0.5, 0.6) is 5.75 Å². The second-order valence-corrected chi connectivity index (χ2v) is 10.4. The van der Waals surface area contributed by atoms with E-state index in [0.717, 1.165) is 18.7 Å². The SMILES string of the molecule is CC[NH+](CC)CCN1C(=O)C(=O)C(=C([O-])c2ccc(OCC(C)C)c(C)c2)C1c1ccc(Cl)c(Cl)c1. The zero-order valence-electron chi connectivity index (χ0n) is 21.5. The number of quaternary nitrogens is 1. The lowest BCUT2D eigenvalue weighted by Gasteiger charge is -2.29. The van der Waals surface area contributed by atoms with E-state index < -0.39 is 23.5 Å². The summed E-state index contributed by atoms with van der Waals surface area (Å²) in [5.74, 6) is -0.873. The fourth-order valence-electron chi connectivity index (χ4n) is 4.38. The van der Waals surface area contributed by atoms with E-state index in [1.54, 1.807) is 36.4 Å². The number of nitrogens with one attached hydrogen (secondary N) is 1. The number of carbonyl (C=O) groups is 2. The summed E-state index contributed by atoms with van der Waals surface area (Å²) in [5.41, 5.74) is 1.63. The number of ketones is 1. The van der Waals surface area contributed by atoms with Crippen LogP contribution in [-0.2, 0) is 9.59 Å². The number of carbonyl (C=O) groups excluding carboxylic acids is 2. The molecule has 1 fully saturated rings. The van der Waals surface area contributed by atoms with Crippen LogP contribution in [0.1, 0.15) is 50.4 Å². The molecule has 0 aromatic heterocycles. The van der Waals surface area contributed by atoms with E-state index in [2.05, 4.69) is 27.7 Å². The normalized spacial score (nSPS) is 17.5. The van der Waals surface area contributed by atoms with Crippen molar-refractivity contribution < 1.29 is 24.3 Å². The smallest absolute Gasteiger partial charge is 0.295 e. The van der Waals surface area contributed by atoms with Gasteiger partial charge in [0, 0.05) is 5.57 Å². The van der Waals surface area contributed by atoms with E-state index in [4.69, 9.17) is 27.9 Å². The Morgan fingerprint density at radius 3 is 2.36 bits per heavy atom. The molecule has 0 aliphatic carbocycles. The van der Waals surface area contributed by atoms with Crippen molar-refractivity contribution in [3.63, 3.8) is 0 Å². The summed E-state index contributed by atoms with van der Waals surface area (Å²) in [4.78, 5) is 29.2. The molecule has 0 spiro atoms. The van der Waals surface area contributed by atoms with Gasteiger partial charge in [-0.2, -0.15) is 0 Å². The summed E-state index contributed by atoms with van der Waals surface area (Å²) in [7, 11) is 0. The molecule has 6 nitrogen and oxygen atoms in total. The summed E-state index contributed by atoms with van der Waals surface area (Å²) in [5, 5.41) is 14.4. The van der Waals surface area contributed by atoms with Gasteiger partial charge < -0.3 is 19.6 Å². The van der Waals surface area contributed by atoms with Gasteiger partial charge in [0.2, 0.25) is 5.78 Å². The number of aryl methyl sites for hydroxylation is 1. The molecule has 2 aromatic carbocycles. The third-order valence-electron chi connectivity index (χ3n) is 6.50. The number of hydrogen-bond donors (Lipinski definition) is 1. The molecule has 36 heavy (non-hydrogen) atoms. The molecule has 8 heteroatoms. The number of benzene rings is 2. The van der Waals surface area contributed by atoms with Gasteiger partial charge in [-0.05, 0) is 67.6 Å². The van der Waals surface area contributed by atoms with Crippen molar-refractivity contribution in [3.8, 4) is 5.75 Å². The van der Waals surface area contributed by atoms with E-state index in [-0.39, 0.29) is 5.57 Å². The maximum Gasteiger partial charge on any atom is 0.295 e. The van der Waals surface area contributed by atoms with Gasteiger partial charge in [0.05, 0.1) is 48.9 Å². The van der Waals surface area contributed by atoms with Crippen LogP contribution in [0.4, 0.5) is 0 Å². The van der Waals surface area contributed by atoms with Crippen molar-refractivity contribution in [1.29, 1.82) is 0 Å². The molecule has 1 saturated heterocycles. The molecule has 1 N–H and O–H groups in total. The van der Waals surface area contributed by atoms with E-state index >= 15 is 0 Å². The average Bonchev–Trinajstić information content (AvgIpc) is 3.10. The molecule has 3 rings (SSSR count). The highest BCUT2D eigenvalue weighted by Crippen LogP contribution is 2.40. The predicted octanol–water partition coefficient (Wildman–Crippen LogP) is 3.49. The zero-order chi connectivity index (χ0) is 26.6. The van der Waals surface area contributed by atoms with Crippen LogP contribution in [-0.4, -0.2) is 49.4 Å². The van der Waals surface area contributed by atoms with Crippen molar-refractivity contribution in [3.05, 3.63) is 68.7 Å². The van der Waals surface area contributed by atoms with Crippen molar-refractivity contribution in [2.24, 2.45) is 5.92 Å². The maximum atomic E-state index is 13.7. The van der Waals surface area contributed by atoms with Crippen molar-refractivity contribution in [1.82, 2.24) is 4.90 Å². The first-order valence-electron chi connectivity index (χ1n) is 12.4. The molecule has 1 unspecified atom stereocenters. The number of amides is 1. The Morgan fingerprint density at radius 2 is 1.78 bits per heavy atom. The summed E-state index contributed by atoms with van der Waals surface area (Å²) < 4.78 is 5.83. The van der Waals surface area contributed by atoms with E-state index in [9.17, 15) is 14.7 Å². The van der Waals surface area contributed by atoms with Crippen LogP contribution < -0.4 is 14.7 Å². The molecular weight excluding hydrogens is 499 g/mol. The fourth-order valence-corrected chi connectivity index (χ4v) is 4.68. The molecule has 1 amide bonds. The second kappa shape index (κ2) is 12.1. The monoisotopic (exact) mass is 532 g/mol. The van der Waals surface area contributed by atoms with Gasteiger partial charge in [0.25, 0.3) is 5.91 Å². The highest BCUT2D eigenvalue weighted by Gasteiger charge is 2.44. The molecule has 1 aliphatic rings. The molecule has 0 radical (unpaired) electrons. The highest BCUT2D eigenvalue weighted by molar-refractivity contribution is 6.46. The highest BCUT2D eigenvalue weighted by atomic mass is 35.5. The minimum absolute atomic E-state index is 0.0665. The van der Waals surface area contributed by atoms with Gasteiger partial charge in [-0.3, -0.25) is 9.59 Å². The Morgan fingerprint density at radius 1 is 1.08 bits per heavy atom. The number of likely N-dealkylation sites (N-methyl/N-ethyl adjacent to an activating group) is 1. The number of likely N-dealkylation sites (tertiary alicyclic amines) is 1. The molecule has 1 aliphatic heterocycles. The Balaban J connectivity index is 2.08. The standard InChI is InChI=1S/C28H34Cl2N2O4/c1-6-31(7-2)12-13-32-25(19-8-10-21(29)22(30)15-19)24(27(34)28(32)35)26(33)20-9-11-23(18(5)14-20)36-16-17(3)4/h8-11,14-15,17,25,33H,6-7,12-13,16H2,1-5H3. The fraction of sp³-hybridized carbons (Fsp3) is 0.429. The minimum Gasteiger partial charge on any atom is -0.872 e. The van der Waals surface area contributed by atoms with Crippen molar-refractivity contribution >= 4 is 40.7 Å². The summed E-state index contributed by atoms with van der Waals surface area (Å²) in [6.07, 6.45) is 0. The van der Waals surface area contributed by atoms with Crippen LogP contribution in [0.3, 0.4) is 0 Å². The van der Waals surface area contributed by atoms with Gasteiger partial charge in [-0.1, -0.05) is 54.9 Å². The summed E-state index contributed by atoms with van der Waals surface area (Å²) >= 11 is 12.4. The van der Waals surface area contributed by atoms with Crippen LogP contribution in [0.2, 0.25) is 10.0 Å². The van der Waals surface area contributed by atoms with E-state index in [0.29, 0.717) is 52.5 Å². The predicted molar refractivity (Wildman–Crippen MR) is 141 cm³/mol. The van der Waals surface area contributed by atoms with Crippen LogP contribution >= 0.6 is 23.2 Å². The number of nitrogens with zero attached hydrogens (tertiary/aromatic N) is 1. The Kier molecular flexibility index (Phi) is 9.45. The largest absolute Gasteiger partial charge is 0.872 e. The van der Waals surface area contributed by atoms with Gasteiger partial charge in [0.15, 0.2) is 0 Å². The van der Waals surface area contributed by atoms with Crippen molar-refractivity contribution in [2.45, 2.75) is 40.7 Å². The number of ether oxygens (including phenoxy) is 1. The average molecular weight is 533 g/mol. The lowest BCUT2D eigenvalue weighted by molar-refractivity contribution is -0.895. The van der Waals surface area contributed by atoms with E-state index in [1.165, 1.54) is 9.80 Å². The maximum absolute atomic E-state index is 13.7. The van der Waals surface area contributed by atoms with Crippen LogP contribution in [0.25, 0.3) is 5.76 Å². The Bertz CT molecular complexity index is 1160. The Hall–Kier alpha value is -2.54. The zero-order valence-corrected chi connectivity index (χ0v) is 23.0. The van der Waals surface area contributed by atoms with Crippen molar-refractivity contribution in [2.75, 3.05) is 32.8 Å². The molecule has 2 aromatic rings. The van der Waals surface area contributed by atoms with Crippen LogP contribution in [0, 0.1) is 12.8 Å². The molecule has 1 heterocycles. The van der Waals surface area contributed by atoms with Gasteiger partial charge in [-0.15, -0.1) is 0 Å². The first kappa shape index (κ1) is 28.0. The molecule has 0 bridgehead atoms. The van der Waals surface area contributed by atoms with Gasteiger partial charge in [0.1, 0.15) is 5.75 Å². The quantitative estimate of drug-likeness (QED) is 0.288. The van der Waals surface area contributed by atoms with Gasteiger partial charge in [-0.25, -0.2) is 0 Å². The third kappa shape index (κ3) is 6.05. The number of Topliss-reactive ketones (excluding diaryl/α,β-unsaturated/α-hetero) is 1. The number of hydrogen-bond acceptors (Lipinski definition) is 4. The molecule has 0 saturated carbocycles. The number of rotatable bonds is 10. The molecule has 1 atom stereocenters. The summed E-state index contributed by atoms with van der Waals surface area (Å²) in [6.45, 7) is 13.5. The minimum atomic E-state index is -0.834. The number of halogens is 2. The first-order valence-corrected chi connectivity index (χ1v) is 13.1. The summed E-state index contributed by atoms with van der Waals surface area (Å²) in [6, 6.07) is 9.21. The molecule has 194 valence electrons. The van der Waals surface area contributed by atoms with Gasteiger partial charge >= 0.3 is 0 Å².